The Balaban J connectivity index is 0.00000144. The van der Waals surface area contributed by atoms with Crippen LogP contribution in [0.1, 0.15) is 25.7 Å². The molecule has 1 aliphatic heterocycles. The molecule has 2 fully saturated rings. The molecular weight excluding hydrogens is 240 g/mol. The van der Waals surface area contributed by atoms with Crippen LogP contribution in [0.4, 0.5) is 0 Å². The lowest BCUT2D eigenvalue weighted by Gasteiger charge is -2.37. The van der Waals surface area contributed by atoms with E-state index in [1.165, 1.54) is 19.3 Å². The minimum absolute atomic E-state index is 0. The summed E-state index contributed by atoms with van der Waals surface area (Å²) in [5.41, 5.74) is -0.119. The lowest BCUT2D eigenvalue weighted by atomic mass is 9.67. The highest BCUT2D eigenvalue weighted by molar-refractivity contribution is 5.85. The van der Waals surface area contributed by atoms with Crippen LogP contribution in [0, 0.1) is 11.3 Å². The smallest absolute Gasteiger partial charge is 0.227 e. The maximum atomic E-state index is 12.3. The number of carbonyl (C=O) groups excluding carboxylic acids is 1. The predicted molar refractivity (Wildman–Crippen MR) is 69.4 cm³/mol. The third-order valence-corrected chi connectivity index (χ3v) is 4.08. The Morgan fingerprint density at radius 2 is 2.35 bits per heavy atom. The van der Waals surface area contributed by atoms with E-state index >= 15 is 0 Å². The van der Waals surface area contributed by atoms with Gasteiger partial charge in [-0.25, -0.2) is 0 Å². The summed E-state index contributed by atoms with van der Waals surface area (Å²) < 4.78 is 4.96. The van der Waals surface area contributed by atoms with Crippen LogP contribution in [0.15, 0.2) is 0 Å². The van der Waals surface area contributed by atoms with Gasteiger partial charge in [-0.1, -0.05) is 12.8 Å². The van der Waals surface area contributed by atoms with Crippen LogP contribution in [0.2, 0.25) is 0 Å². The first kappa shape index (κ1) is 14.7. The second-order valence-electron chi connectivity index (χ2n) is 4.98. The SMILES string of the molecule is COCCNC(=O)[C@@]12CCCC[C@H]1CNC2.Cl. The van der Waals surface area contributed by atoms with Crippen molar-refractivity contribution < 1.29 is 9.53 Å². The minimum atomic E-state index is -0.119. The molecule has 1 amide bonds. The molecule has 0 aromatic heterocycles. The number of fused-ring (bicyclic) bond motifs is 1. The highest BCUT2D eigenvalue weighted by Gasteiger charge is 2.49. The van der Waals surface area contributed by atoms with E-state index in [0.717, 1.165) is 19.5 Å². The van der Waals surface area contributed by atoms with E-state index in [2.05, 4.69) is 10.6 Å². The van der Waals surface area contributed by atoms with Crippen LogP contribution in [-0.4, -0.2) is 39.3 Å². The standard InChI is InChI=1S/C12H22N2O2.ClH/c1-16-7-6-14-11(15)12-5-3-2-4-10(12)8-13-9-12;/h10,13H,2-9H2,1H3,(H,14,15);1H/t10-,12+;/m0./s1. The molecule has 4 nitrogen and oxygen atoms in total. The van der Waals surface area contributed by atoms with Crippen molar-refractivity contribution in [3.05, 3.63) is 0 Å². The monoisotopic (exact) mass is 262 g/mol. The van der Waals surface area contributed by atoms with Gasteiger partial charge in [-0.2, -0.15) is 0 Å². The topological polar surface area (TPSA) is 50.4 Å². The summed E-state index contributed by atoms with van der Waals surface area (Å²) in [5, 5.41) is 6.40. The van der Waals surface area contributed by atoms with Gasteiger partial charge in [0.15, 0.2) is 0 Å². The molecule has 2 atom stereocenters. The van der Waals surface area contributed by atoms with Crippen molar-refractivity contribution in [2.24, 2.45) is 11.3 Å². The average molecular weight is 263 g/mol. The van der Waals surface area contributed by atoms with E-state index in [4.69, 9.17) is 4.74 Å². The number of hydrogen-bond acceptors (Lipinski definition) is 3. The van der Waals surface area contributed by atoms with E-state index in [1.807, 2.05) is 0 Å². The molecule has 0 unspecified atom stereocenters. The Hall–Kier alpha value is -0.320. The molecule has 0 aromatic carbocycles. The molecule has 2 aliphatic rings. The molecule has 1 aliphatic carbocycles. The Morgan fingerprint density at radius 3 is 3.12 bits per heavy atom. The summed E-state index contributed by atoms with van der Waals surface area (Å²) in [4.78, 5) is 12.3. The Kier molecular flexibility index (Phi) is 5.70. The number of methoxy groups -OCH3 is 1. The van der Waals surface area contributed by atoms with Crippen molar-refractivity contribution in [3.63, 3.8) is 0 Å². The third-order valence-electron chi connectivity index (χ3n) is 4.08. The molecule has 0 aromatic rings. The van der Waals surface area contributed by atoms with Gasteiger partial charge in [-0.3, -0.25) is 4.79 Å². The van der Waals surface area contributed by atoms with Gasteiger partial charge in [-0.05, 0) is 25.3 Å². The summed E-state index contributed by atoms with van der Waals surface area (Å²) in [7, 11) is 1.66. The zero-order chi connectivity index (χ0) is 11.4. The molecule has 0 bridgehead atoms. The van der Waals surface area contributed by atoms with Crippen LogP contribution in [0.25, 0.3) is 0 Å². The number of halogens is 1. The second-order valence-corrected chi connectivity index (χ2v) is 4.98. The number of hydrogen-bond donors (Lipinski definition) is 2. The largest absolute Gasteiger partial charge is 0.383 e. The Morgan fingerprint density at radius 1 is 1.53 bits per heavy atom. The van der Waals surface area contributed by atoms with Crippen molar-refractivity contribution in [2.75, 3.05) is 33.4 Å². The first-order valence-corrected chi connectivity index (χ1v) is 6.27. The van der Waals surface area contributed by atoms with Crippen molar-refractivity contribution in [3.8, 4) is 0 Å². The zero-order valence-electron chi connectivity index (χ0n) is 10.5. The van der Waals surface area contributed by atoms with Crippen molar-refractivity contribution in [2.45, 2.75) is 25.7 Å². The maximum Gasteiger partial charge on any atom is 0.227 e. The van der Waals surface area contributed by atoms with E-state index in [0.29, 0.717) is 19.1 Å². The fourth-order valence-electron chi connectivity index (χ4n) is 3.13. The van der Waals surface area contributed by atoms with Crippen LogP contribution in [0.5, 0.6) is 0 Å². The van der Waals surface area contributed by atoms with Crippen LogP contribution >= 0.6 is 12.4 Å². The number of amides is 1. The first-order chi connectivity index (χ1) is 7.79. The molecule has 0 radical (unpaired) electrons. The van der Waals surface area contributed by atoms with Gasteiger partial charge in [0.2, 0.25) is 5.91 Å². The molecule has 17 heavy (non-hydrogen) atoms. The maximum absolute atomic E-state index is 12.3. The normalized spacial score (nSPS) is 31.5. The van der Waals surface area contributed by atoms with Crippen LogP contribution in [-0.2, 0) is 9.53 Å². The number of nitrogens with one attached hydrogen (secondary N) is 2. The Bertz CT molecular complexity index is 263. The summed E-state index contributed by atoms with van der Waals surface area (Å²) in [6.07, 6.45) is 4.71. The van der Waals surface area contributed by atoms with Crippen LogP contribution in [0.3, 0.4) is 0 Å². The van der Waals surface area contributed by atoms with Crippen LogP contribution < -0.4 is 10.6 Å². The molecule has 2 rings (SSSR count). The van der Waals surface area contributed by atoms with Gasteiger partial charge in [0, 0.05) is 20.2 Å². The third kappa shape index (κ3) is 2.92. The van der Waals surface area contributed by atoms with Gasteiger partial charge in [0.05, 0.1) is 12.0 Å². The molecule has 2 N–H and O–H groups in total. The fraction of sp³-hybridized carbons (Fsp3) is 0.917. The lowest BCUT2D eigenvalue weighted by Crippen LogP contribution is -2.48. The summed E-state index contributed by atoms with van der Waals surface area (Å²) in [5.74, 6) is 0.781. The number of rotatable bonds is 4. The van der Waals surface area contributed by atoms with Gasteiger partial charge in [0.25, 0.3) is 0 Å². The van der Waals surface area contributed by atoms with Crippen molar-refractivity contribution in [1.82, 2.24) is 10.6 Å². The molecule has 5 heteroatoms. The van der Waals surface area contributed by atoms with Gasteiger partial charge >= 0.3 is 0 Å². The van der Waals surface area contributed by atoms with E-state index in [-0.39, 0.29) is 23.7 Å². The highest BCUT2D eigenvalue weighted by atomic mass is 35.5. The number of carbonyl (C=O) groups is 1. The lowest BCUT2D eigenvalue weighted by molar-refractivity contribution is -0.134. The van der Waals surface area contributed by atoms with E-state index in [1.54, 1.807) is 7.11 Å². The summed E-state index contributed by atoms with van der Waals surface area (Å²) >= 11 is 0. The molecular formula is C12H23ClN2O2. The highest BCUT2D eigenvalue weighted by Crippen LogP contribution is 2.43. The summed E-state index contributed by atoms with van der Waals surface area (Å²) in [6.45, 7) is 3.10. The molecule has 1 saturated heterocycles. The van der Waals surface area contributed by atoms with Crippen molar-refractivity contribution >= 4 is 18.3 Å². The van der Waals surface area contributed by atoms with Crippen molar-refractivity contribution in [1.29, 1.82) is 0 Å². The zero-order valence-corrected chi connectivity index (χ0v) is 11.3. The predicted octanol–water partition coefficient (Wildman–Crippen LogP) is 0.951. The van der Waals surface area contributed by atoms with E-state index in [9.17, 15) is 4.79 Å². The van der Waals surface area contributed by atoms with E-state index < -0.39 is 0 Å². The van der Waals surface area contributed by atoms with Gasteiger partial charge in [0.1, 0.15) is 0 Å². The quantitative estimate of drug-likeness (QED) is 0.742. The molecule has 100 valence electrons. The molecule has 1 heterocycles. The minimum Gasteiger partial charge on any atom is -0.383 e. The Labute approximate surface area is 109 Å². The average Bonchev–Trinajstić information content (AvgIpc) is 2.74. The first-order valence-electron chi connectivity index (χ1n) is 6.27. The second kappa shape index (κ2) is 6.57. The molecule has 0 spiro atoms. The molecule has 1 saturated carbocycles. The van der Waals surface area contributed by atoms with Gasteiger partial charge < -0.3 is 15.4 Å². The number of ether oxygens (including phenoxy) is 1. The summed E-state index contributed by atoms with van der Waals surface area (Å²) in [6, 6.07) is 0. The van der Waals surface area contributed by atoms with Gasteiger partial charge in [-0.15, -0.1) is 12.4 Å². The fourth-order valence-corrected chi connectivity index (χ4v) is 3.13.